The van der Waals surface area contributed by atoms with Gasteiger partial charge in [0.2, 0.25) is 0 Å². The standard InChI is InChI=1S/C40H65NO14/c1-15-28-40(11,46)33(44)22(4)30-20(2)17-39(10,55-30)34(54-37-32(51-26(8)43)27(41(12)13)16-21(3)49-37)23(5)31(24(6)36(45)52-28)53-29-18-38(9,47-14)35(48-19-42)25(7)50-29/h19,21-25,27-29,31-32,34-35,37,46H,15-18H2,1-14H3. The highest BCUT2D eigenvalue weighted by atomic mass is 16.7. The van der Waals surface area contributed by atoms with Crippen LogP contribution >= 0.6 is 0 Å². The fraction of sp³-hybridized carbons (Fsp3) is 0.850. The number of likely N-dealkylation sites (N-methyl/N-ethyl adjacent to an activating group) is 1. The number of ketones is 1. The van der Waals surface area contributed by atoms with E-state index in [-0.39, 0.29) is 25.0 Å². The van der Waals surface area contributed by atoms with E-state index in [0.717, 1.165) is 5.57 Å². The predicted octanol–water partition coefficient (Wildman–Crippen LogP) is 3.85. The van der Waals surface area contributed by atoms with E-state index in [1.807, 2.05) is 46.7 Å². The maximum atomic E-state index is 14.2. The minimum atomic E-state index is -2.05. The molecular formula is C40H65NO14. The second-order valence-electron chi connectivity index (χ2n) is 16.9. The van der Waals surface area contributed by atoms with Crippen LogP contribution in [0, 0.1) is 17.8 Å². The molecule has 314 valence electrons. The van der Waals surface area contributed by atoms with Gasteiger partial charge in [0, 0.05) is 32.8 Å². The lowest BCUT2D eigenvalue weighted by Crippen LogP contribution is -2.61. The molecule has 0 aromatic rings. The highest BCUT2D eigenvalue weighted by molar-refractivity contribution is 5.91. The van der Waals surface area contributed by atoms with Crippen LogP contribution in [0.15, 0.2) is 11.3 Å². The molecule has 4 rings (SSSR count). The molecule has 0 aliphatic carbocycles. The summed E-state index contributed by atoms with van der Waals surface area (Å²) in [5.74, 6) is -3.98. The lowest BCUT2D eigenvalue weighted by atomic mass is 9.79. The highest BCUT2D eigenvalue weighted by Gasteiger charge is 2.57. The van der Waals surface area contributed by atoms with Crippen molar-refractivity contribution in [1.29, 1.82) is 0 Å². The lowest BCUT2D eigenvalue weighted by molar-refractivity contribution is -0.317. The van der Waals surface area contributed by atoms with E-state index in [9.17, 15) is 24.3 Å². The maximum absolute atomic E-state index is 14.2. The third kappa shape index (κ3) is 9.23. The molecule has 16 unspecified atom stereocenters. The van der Waals surface area contributed by atoms with E-state index >= 15 is 0 Å². The third-order valence-electron chi connectivity index (χ3n) is 12.2. The van der Waals surface area contributed by atoms with Crippen molar-refractivity contribution in [1.82, 2.24) is 4.90 Å². The number of rotatable bonds is 10. The van der Waals surface area contributed by atoms with Crippen LogP contribution in [0.1, 0.15) is 102 Å². The molecule has 2 bridgehead atoms. The number of carbonyl (C=O) groups excluding carboxylic acids is 4. The summed E-state index contributed by atoms with van der Waals surface area (Å²) < 4.78 is 56.6. The molecule has 3 fully saturated rings. The molecule has 0 radical (unpaired) electrons. The Bertz CT molecular complexity index is 1430. The van der Waals surface area contributed by atoms with Crippen LogP contribution in [0.2, 0.25) is 0 Å². The Morgan fingerprint density at radius 1 is 1.02 bits per heavy atom. The van der Waals surface area contributed by atoms with Crippen LogP contribution in [-0.2, 0) is 61.8 Å². The molecule has 15 nitrogen and oxygen atoms in total. The third-order valence-corrected chi connectivity index (χ3v) is 12.2. The van der Waals surface area contributed by atoms with Crippen LogP contribution in [0.3, 0.4) is 0 Å². The maximum Gasteiger partial charge on any atom is 0.311 e. The zero-order valence-corrected chi connectivity index (χ0v) is 35.1. The van der Waals surface area contributed by atoms with Gasteiger partial charge in [0.1, 0.15) is 29.2 Å². The fourth-order valence-electron chi connectivity index (χ4n) is 9.17. The van der Waals surface area contributed by atoms with Gasteiger partial charge in [-0.15, -0.1) is 0 Å². The van der Waals surface area contributed by atoms with Gasteiger partial charge in [0.25, 0.3) is 6.47 Å². The number of ether oxygens (including phenoxy) is 9. The summed E-state index contributed by atoms with van der Waals surface area (Å²) in [4.78, 5) is 54.3. The summed E-state index contributed by atoms with van der Waals surface area (Å²) in [6, 6.07) is -0.257. The van der Waals surface area contributed by atoms with Gasteiger partial charge in [-0.05, 0) is 87.9 Å². The average Bonchev–Trinajstić information content (AvgIpc) is 3.42. The van der Waals surface area contributed by atoms with Gasteiger partial charge in [-0.3, -0.25) is 19.2 Å². The minimum Gasteiger partial charge on any atom is -0.488 e. The smallest absolute Gasteiger partial charge is 0.311 e. The summed E-state index contributed by atoms with van der Waals surface area (Å²) in [7, 11) is 5.31. The quantitative estimate of drug-likeness (QED) is 0.192. The molecule has 55 heavy (non-hydrogen) atoms. The second kappa shape index (κ2) is 17.5. The van der Waals surface area contributed by atoms with Gasteiger partial charge in [-0.25, -0.2) is 0 Å². The summed E-state index contributed by atoms with van der Waals surface area (Å²) in [5.41, 5.74) is -3.45. The molecule has 4 heterocycles. The van der Waals surface area contributed by atoms with Crippen molar-refractivity contribution in [3.63, 3.8) is 0 Å². The van der Waals surface area contributed by atoms with Gasteiger partial charge < -0.3 is 52.6 Å². The lowest BCUT2D eigenvalue weighted by Gasteiger charge is -2.49. The Morgan fingerprint density at radius 2 is 1.67 bits per heavy atom. The molecule has 4 aliphatic heterocycles. The van der Waals surface area contributed by atoms with Gasteiger partial charge in [-0.2, -0.15) is 0 Å². The molecule has 0 spiro atoms. The fourth-order valence-corrected chi connectivity index (χ4v) is 9.17. The van der Waals surface area contributed by atoms with Crippen molar-refractivity contribution in [2.24, 2.45) is 17.8 Å². The molecule has 15 heteroatoms. The van der Waals surface area contributed by atoms with Crippen LogP contribution in [0.5, 0.6) is 0 Å². The highest BCUT2D eigenvalue weighted by Crippen LogP contribution is 2.47. The van der Waals surface area contributed by atoms with Crippen LogP contribution in [0.4, 0.5) is 0 Å². The number of hydrogen-bond donors (Lipinski definition) is 1. The van der Waals surface area contributed by atoms with Crippen molar-refractivity contribution >= 4 is 24.2 Å². The van der Waals surface area contributed by atoms with Gasteiger partial charge >= 0.3 is 11.9 Å². The normalized spacial score (nSPS) is 44.5. The van der Waals surface area contributed by atoms with E-state index in [2.05, 4.69) is 0 Å². The number of aliphatic hydroxyl groups is 1. The first-order chi connectivity index (χ1) is 25.5. The second-order valence-corrected chi connectivity index (χ2v) is 16.9. The number of Topliss-reactive ketones (excluding diaryl/α,β-unsaturated/α-hetero) is 1. The van der Waals surface area contributed by atoms with Gasteiger partial charge in [0.05, 0.1) is 36.2 Å². The van der Waals surface area contributed by atoms with E-state index in [0.29, 0.717) is 25.1 Å². The first-order valence-electron chi connectivity index (χ1n) is 19.5. The molecule has 0 amide bonds. The number of allylic oxidation sites excluding steroid dienone is 1. The molecular weight excluding hydrogens is 718 g/mol. The molecule has 0 saturated carbocycles. The van der Waals surface area contributed by atoms with Crippen LogP contribution in [0.25, 0.3) is 0 Å². The molecule has 0 aromatic heterocycles. The number of cyclic esters (lactones) is 1. The van der Waals surface area contributed by atoms with Crippen LogP contribution in [-0.4, -0.2) is 134 Å². The molecule has 3 saturated heterocycles. The Labute approximate surface area is 325 Å². The molecule has 1 N–H and O–H groups in total. The Kier molecular flexibility index (Phi) is 14.3. The molecule has 4 aliphatic rings. The zero-order chi connectivity index (χ0) is 41.4. The predicted molar refractivity (Wildman–Crippen MR) is 197 cm³/mol. The van der Waals surface area contributed by atoms with E-state index in [1.165, 1.54) is 21.0 Å². The van der Waals surface area contributed by atoms with Crippen molar-refractivity contribution < 1.29 is 66.9 Å². The first-order valence-corrected chi connectivity index (χ1v) is 19.5. The number of carbonyl (C=O) groups is 4. The number of nitrogens with zero attached hydrogens (tertiary/aromatic N) is 1. The number of esters is 2. The van der Waals surface area contributed by atoms with Crippen molar-refractivity contribution in [3.8, 4) is 0 Å². The van der Waals surface area contributed by atoms with Crippen molar-refractivity contribution in [2.75, 3.05) is 21.2 Å². The summed E-state index contributed by atoms with van der Waals surface area (Å²) in [5, 5.41) is 11.7. The van der Waals surface area contributed by atoms with E-state index < -0.39 is 101 Å². The Hall–Kier alpha value is -2.66. The largest absolute Gasteiger partial charge is 0.488 e. The number of fused-ring (bicyclic) bond motifs is 2. The topological polar surface area (TPSA) is 175 Å². The monoisotopic (exact) mass is 783 g/mol. The summed E-state index contributed by atoms with van der Waals surface area (Å²) in [6.45, 7) is 19.2. The zero-order valence-electron chi connectivity index (χ0n) is 35.1. The summed E-state index contributed by atoms with van der Waals surface area (Å²) >= 11 is 0. The van der Waals surface area contributed by atoms with Gasteiger partial charge in [-0.1, -0.05) is 13.8 Å². The van der Waals surface area contributed by atoms with Crippen molar-refractivity contribution in [3.05, 3.63) is 11.3 Å². The van der Waals surface area contributed by atoms with E-state index in [4.69, 9.17) is 42.6 Å². The Balaban J connectivity index is 1.88. The number of hydrogen-bond acceptors (Lipinski definition) is 15. The minimum absolute atomic E-state index is 0.127. The molecule has 16 atom stereocenters. The summed E-state index contributed by atoms with van der Waals surface area (Å²) in [6.07, 6.45) is -6.47. The van der Waals surface area contributed by atoms with E-state index in [1.54, 1.807) is 34.6 Å². The first kappa shape index (κ1) is 45.0. The average molecular weight is 784 g/mol. The van der Waals surface area contributed by atoms with Crippen LogP contribution < -0.4 is 0 Å². The SMILES string of the molecule is CCC1OC(=O)C(C)C(OC2CC(C)(OC)C(OC=O)C(C)O2)C(C)C(OC2OC(C)CC(N(C)C)C2OC(C)=O)C2(C)CC(C)=C(O2)C(C)C(=O)C1(C)O. The Morgan fingerprint density at radius 3 is 2.24 bits per heavy atom. The molecule has 0 aromatic carbocycles. The van der Waals surface area contributed by atoms with Crippen molar-refractivity contribution in [2.45, 2.75) is 180 Å². The number of methoxy groups -OCH3 is 1. The van der Waals surface area contributed by atoms with Gasteiger partial charge in [0.15, 0.2) is 36.2 Å².